The smallest absolute Gasteiger partial charge is 0.246 e. The lowest BCUT2D eigenvalue weighted by Crippen LogP contribution is -2.27. The molecule has 1 aliphatic rings. The van der Waals surface area contributed by atoms with Gasteiger partial charge in [-0.1, -0.05) is 6.58 Å². The average molecular weight is 334 g/mol. The molecule has 3 aromatic rings. The van der Waals surface area contributed by atoms with Crippen LogP contribution in [0, 0.1) is 0 Å². The van der Waals surface area contributed by atoms with Gasteiger partial charge >= 0.3 is 0 Å². The lowest BCUT2D eigenvalue weighted by molar-refractivity contribution is -0.125. The van der Waals surface area contributed by atoms with Crippen LogP contribution in [0.15, 0.2) is 49.7 Å². The summed E-state index contributed by atoms with van der Waals surface area (Å²) in [6, 6.07) is 4.03. The number of hydrogen-bond acceptors (Lipinski definition) is 5. The molecule has 1 atom stereocenters. The number of nitrogens with two attached hydrogens (primary N) is 1. The molecule has 7 nitrogen and oxygen atoms in total. The maximum absolute atomic E-state index is 11.9. The summed E-state index contributed by atoms with van der Waals surface area (Å²) in [5.74, 6) is 0.412. The van der Waals surface area contributed by atoms with E-state index in [4.69, 9.17) is 5.73 Å². The number of carbonyl (C=O) groups is 1. The van der Waals surface area contributed by atoms with Crippen molar-refractivity contribution in [3.05, 3.63) is 49.7 Å². The Morgan fingerprint density at radius 3 is 2.88 bits per heavy atom. The SMILES string of the molecule is C=CC(=O)N1CCC(n2cc(-c3ccncc3)c3c(N)ncnc32)C1. The quantitative estimate of drug-likeness (QED) is 0.740. The third-order valence-electron chi connectivity index (χ3n) is 4.67. The number of carbonyl (C=O) groups excluding carboxylic acids is 1. The van der Waals surface area contributed by atoms with Gasteiger partial charge in [0.15, 0.2) is 0 Å². The van der Waals surface area contributed by atoms with Gasteiger partial charge in [0.2, 0.25) is 5.91 Å². The van der Waals surface area contributed by atoms with Crippen LogP contribution >= 0.6 is 0 Å². The number of nitrogens with zero attached hydrogens (tertiary/aromatic N) is 5. The highest BCUT2D eigenvalue weighted by Crippen LogP contribution is 2.35. The number of aromatic nitrogens is 4. The van der Waals surface area contributed by atoms with E-state index >= 15 is 0 Å². The molecule has 3 aromatic heterocycles. The normalized spacial score (nSPS) is 17.1. The minimum atomic E-state index is -0.0394. The maximum Gasteiger partial charge on any atom is 0.246 e. The van der Waals surface area contributed by atoms with Gasteiger partial charge in [-0.2, -0.15) is 0 Å². The lowest BCUT2D eigenvalue weighted by Gasteiger charge is -2.15. The second kappa shape index (κ2) is 6.01. The highest BCUT2D eigenvalue weighted by atomic mass is 16.2. The Bertz CT molecular complexity index is 949. The topological polar surface area (TPSA) is 89.9 Å². The molecule has 1 unspecified atom stereocenters. The summed E-state index contributed by atoms with van der Waals surface area (Å²) in [5.41, 5.74) is 8.92. The second-order valence-corrected chi connectivity index (χ2v) is 6.07. The van der Waals surface area contributed by atoms with Gasteiger partial charge in [-0.3, -0.25) is 9.78 Å². The molecule has 25 heavy (non-hydrogen) atoms. The number of nitrogen functional groups attached to an aromatic ring is 1. The fraction of sp³-hybridized carbons (Fsp3) is 0.222. The van der Waals surface area contributed by atoms with Crippen molar-refractivity contribution >= 4 is 22.8 Å². The first kappa shape index (κ1) is 15.3. The van der Waals surface area contributed by atoms with Crippen molar-refractivity contribution in [3.63, 3.8) is 0 Å². The monoisotopic (exact) mass is 334 g/mol. The van der Waals surface area contributed by atoms with E-state index in [2.05, 4.69) is 32.3 Å². The minimum Gasteiger partial charge on any atom is -0.383 e. The van der Waals surface area contributed by atoms with E-state index in [0.717, 1.165) is 28.6 Å². The van der Waals surface area contributed by atoms with Crippen molar-refractivity contribution in [2.45, 2.75) is 12.5 Å². The molecule has 126 valence electrons. The molecule has 0 radical (unpaired) electrons. The van der Waals surface area contributed by atoms with E-state index in [-0.39, 0.29) is 11.9 Å². The maximum atomic E-state index is 11.9. The van der Waals surface area contributed by atoms with E-state index in [1.165, 1.54) is 12.4 Å². The van der Waals surface area contributed by atoms with Gasteiger partial charge in [-0.25, -0.2) is 9.97 Å². The van der Waals surface area contributed by atoms with Crippen LogP contribution in [0.1, 0.15) is 12.5 Å². The summed E-state index contributed by atoms with van der Waals surface area (Å²) in [7, 11) is 0. The molecule has 4 heterocycles. The number of anilines is 1. The molecule has 2 N–H and O–H groups in total. The second-order valence-electron chi connectivity index (χ2n) is 6.07. The Hall–Kier alpha value is -3.22. The van der Waals surface area contributed by atoms with Gasteiger partial charge in [0, 0.05) is 37.2 Å². The standard InChI is InChI=1S/C18H18N6O/c1-2-15(25)23-8-5-13(9-23)24-10-14(12-3-6-20-7-4-12)16-17(19)21-11-22-18(16)24/h2-4,6-7,10-11,13H,1,5,8-9H2,(H2,19,21,22). The van der Waals surface area contributed by atoms with Crippen LogP contribution in [0.3, 0.4) is 0 Å². The van der Waals surface area contributed by atoms with E-state index in [1.807, 2.05) is 12.1 Å². The summed E-state index contributed by atoms with van der Waals surface area (Å²) in [6.45, 7) is 4.91. The fourth-order valence-corrected chi connectivity index (χ4v) is 3.44. The highest BCUT2D eigenvalue weighted by Gasteiger charge is 2.28. The number of pyridine rings is 1. The number of fused-ring (bicyclic) bond motifs is 1. The van der Waals surface area contributed by atoms with Crippen molar-refractivity contribution in [2.75, 3.05) is 18.8 Å². The molecule has 0 aliphatic carbocycles. The Morgan fingerprint density at radius 1 is 1.32 bits per heavy atom. The zero-order valence-electron chi connectivity index (χ0n) is 13.7. The Morgan fingerprint density at radius 2 is 2.12 bits per heavy atom. The number of hydrogen-bond donors (Lipinski definition) is 1. The molecule has 0 saturated carbocycles. The molecule has 1 fully saturated rings. The van der Waals surface area contributed by atoms with Crippen molar-refractivity contribution in [2.24, 2.45) is 0 Å². The van der Waals surface area contributed by atoms with Crippen LogP contribution in [-0.4, -0.2) is 43.4 Å². The summed E-state index contributed by atoms with van der Waals surface area (Å²) in [6.07, 6.45) is 9.25. The first-order valence-corrected chi connectivity index (χ1v) is 8.11. The average Bonchev–Trinajstić information content (AvgIpc) is 3.27. The van der Waals surface area contributed by atoms with Gasteiger partial charge in [-0.05, 0) is 30.2 Å². The molecule has 1 amide bonds. The van der Waals surface area contributed by atoms with Crippen LogP contribution in [0.5, 0.6) is 0 Å². The van der Waals surface area contributed by atoms with Crippen LogP contribution in [0.25, 0.3) is 22.2 Å². The van der Waals surface area contributed by atoms with Crippen molar-refractivity contribution < 1.29 is 4.79 Å². The Balaban J connectivity index is 1.82. The van der Waals surface area contributed by atoms with E-state index < -0.39 is 0 Å². The minimum absolute atomic E-state index is 0.0394. The number of rotatable bonds is 3. The van der Waals surface area contributed by atoms with Crippen molar-refractivity contribution in [1.29, 1.82) is 0 Å². The van der Waals surface area contributed by atoms with Gasteiger partial charge in [-0.15, -0.1) is 0 Å². The van der Waals surface area contributed by atoms with E-state index in [0.29, 0.717) is 18.9 Å². The van der Waals surface area contributed by atoms with Crippen molar-refractivity contribution in [3.8, 4) is 11.1 Å². The first-order chi connectivity index (χ1) is 12.2. The van der Waals surface area contributed by atoms with Crippen LogP contribution in [-0.2, 0) is 4.79 Å². The molecule has 1 aliphatic heterocycles. The Kier molecular flexibility index (Phi) is 3.68. The largest absolute Gasteiger partial charge is 0.383 e. The van der Waals surface area contributed by atoms with Crippen LogP contribution in [0.4, 0.5) is 5.82 Å². The highest BCUT2D eigenvalue weighted by molar-refractivity contribution is 6.00. The van der Waals surface area contributed by atoms with E-state index in [9.17, 15) is 4.79 Å². The summed E-state index contributed by atoms with van der Waals surface area (Å²) >= 11 is 0. The van der Waals surface area contributed by atoms with Gasteiger partial charge in [0.25, 0.3) is 0 Å². The summed E-state index contributed by atoms with van der Waals surface area (Å²) < 4.78 is 2.11. The van der Waals surface area contributed by atoms with Gasteiger partial charge in [0.1, 0.15) is 17.8 Å². The summed E-state index contributed by atoms with van der Waals surface area (Å²) in [4.78, 5) is 26.4. The third kappa shape index (κ3) is 2.53. The fourth-order valence-electron chi connectivity index (χ4n) is 3.44. The molecule has 0 spiro atoms. The van der Waals surface area contributed by atoms with Crippen LogP contribution < -0.4 is 5.73 Å². The van der Waals surface area contributed by atoms with Gasteiger partial charge < -0.3 is 15.2 Å². The van der Waals surface area contributed by atoms with Crippen molar-refractivity contribution in [1.82, 2.24) is 24.4 Å². The lowest BCUT2D eigenvalue weighted by atomic mass is 10.1. The molecular formula is C18H18N6O. The van der Waals surface area contributed by atoms with E-state index in [1.54, 1.807) is 17.3 Å². The number of amides is 1. The molecule has 0 aromatic carbocycles. The molecular weight excluding hydrogens is 316 g/mol. The molecule has 4 rings (SSSR count). The predicted molar refractivity (Wildman–Crippen MR) is 95.6 cm³/mol. The zero-order chi connectivity index (χ0) is 17.4. The predicted octanol–water partition coefficient (Wildman–Crippen LogP) is 2.03. The molecule has 1 saturated heterocycles. The zero-order valence-corrected chi connectivity index (χ0v) is 13.7. The van der Waals surface area contributed by atoms with Crippen LogP contribution in [0.2, 0.25) is 0 Å². The Labute approximate surface area is 144 Å². The first-order valence-electron chi connectivity index (χ1n) is 8.11. The van der Waals surface area contributed by atoms with Gasteiger partial charge in [0.05, 0.1) is 11.4 Å². The third-order valence-corrected chi connectivity index (χ3v) is 4.67. The molecule has 0 bridgehead atoms. The summed E-state index contributed by atoms with van der Waals surface area (Å²) in [5, 5.41) is 0.835. The molecule has 7 heteroatoms. The number of likely N-dealkylation sites (tertiary alicyclic amines) is 1.